The SMILES string of the molecule is Cc1cc(C(C)NC2=NCCCCC2)ccc1OCCCc1ccccc1. The summed E-state index contributed by atoms with van der Waals surface area (Å²) < 4.78 is 6.02. The zero-order valence-corrected chi connectivity index (χ0v) is 16.7. The molecule has 0 saturated heterocycles. The molecule has 2 aromatic carbocycles. The smallest absolute Gasteiger partial charge is 0.122 e. The molecule has 1 heterocycles. The molecule has 1 aliphatic rings. The Labute approximate surface area is 163 Å². The van der Waals surface area contributed by atoms with Crippen LogP contribution in [0.5, 0.6) is 5.75 Å². The Hall–Kier alpha value is -2.29. The van der Waals surface area contributed by atoms with E-state index in [1.54, 1.807) is 0 Å². The van der Waals surface area contributed by atoms with Crippen LogP contribution in [0.25, 0.3) is 0 Å². The molecule has 3 nitrogen and oxygen atoms in total. The van der Waals surface area contributed by atoms with Crippen LogP contribution in [0.3, 0.4) is 0 Å². The molecule has 1 unspecified atom stereocenters. The summed E-state index contributed by atoms with van der Waals surface area (Å²) >= 11 is 0. The molecule has 0 aromatic heterocycles. The normalized spacial score (nSPS) is 15.6. The highest BCUT2D eigenvalue weighted by Gasteiger charge is 2.11. The lowest BCUT2D eigenvalue weighted by Crippen LogP contribution is -2.26. The highest BCUT2D eigenvalue weighted by molar-refractivity contribution is 5.82. The molecule has 1 N–H and O–H groups in total. The maximum Gasteiger partial charge on any atom is 0.122 e. The Morgan fingerprint density at radius 3 is 2.74 bits per heavy atom. The predicted octanol–water partition coefficient (Wildman–Crippen LogP) is 5.63. The van der Waals surface area contributed by atoms with Gasteiger partial charge in [0.1, 0.15) is 5.75 Å². The number of nitrogens with one attached hydrogen (secondary N) is 1. The molecule has 1 aliphatic heterocycles. The Kier molecular flexibility index (Phi) is 7.32. The molecule has 0 fully saturated rings. The topological polar surface area (TPSA) is 33.6 Å². The minimum absolute atomic E-state index is 0.271. The van der Waals surface area contributed by atoms with Crippen molar-refractivity contribution in [1.29, 1.82) is 0 Å². The zero-order chi connectivity index (χ0) is 18.9. The van der Waals surface area contributed by atoms with E-state index in [0.717, 1.165) is 38.2 Å². The second-order valence-electron chi connectivity index (χ2n) is 7.47. The Morgan fingerprint density at radius 2 is 1.93 bits per heavy atom. The molecule has 3 rings (SSSR count). The van der Waals surface area contributed by atoms with Gasteiger partial charge in [0.25, 0.3) is 0 Å². The van der Waals surface area contributed by atoms with Crippen LogP contribution in [0, 0.1) is 6.92 Å². The van der Waals surface area contributed by atoms with Crippen molar-refractivity contribution in [3.05, 3.63) is 65.2 Å². The van der Waals surface area contributed by atoms with Gasteiger partial charge in [-0.1, -0.05) is 48.9 Å². The van der Waals surface area contributed by atoms with Crippen molar-refractivity contribution >= 4 is 5.84 Å². The number of aryl methyl sites for hydroxylation is 2. The van der Waals surface area contributed by atoms with Crippen molar-refractivity contribution in [3.63, 3.8) is 0 Å². The summed E-state index contributed by atoms with van der Waals surface area (Å²) in [5.41, 5.74) is 3.86. The second kappa shape index (κ2) is 10.1. The monoisotopic (exact) mass is 364 g/mol. The van der Waals surface area contributed by atoms with Gasteiger partial charge in [0.05, 0.1) is 12.4 Å². The van der Waals surface area contributed by atoms with Crippen LogP contribution in [0.15, 0.2) is 53.5 Å². The van der Waals surface area contributed by atoms with Crippen LogP contribution >= 0.6 is 0 Å². The summed E-state index contributed by atoms with van der Waals surface area (Å²) in [5.74, 6) is 2.16. The third-order valence-corrected chi connectivity index (χ3v) is 5.17. The number of benzene rings is 2. The molecular formula is C24H32N2O. The molecule has 0 spiro atoms. The summed E-state index contributed by atoms with van der Waals surface area (Å²) in [6, 6.07) is 17.4. The summed E-state index contributed by atoms with van der Waals surface area (Å²) in [6.07, 6.45) is 6.91. The lowest BCUT2D eigenvalue weighted by molar-refractivity contribution is 0.309. The van der Waals surface area contributed by atoms with E-state index in [4.69, 9.17) is 4.74 Å². The Balaban J connectivity index is 1.49. The van der Waals surface area contributed by atoms with Gasteiger partial charge in [-0.25, -0.2) is 0 Å². The van der Waals surface area contributed by atoms with E-state index in [2.05, 4.69) is 72.7 Å². The second-order valence-corrected chi connectivity index (χ2v) is 7.47. The van der Waals surface area contributed by atoms with Crippen LogP contribution in [0.1, 0.15) is 61.8 Å². The van der Waals surface area contributed by atoms with Gasteiger partial charge in [0.15, 0.2) is 0 Å². The zero-order valence-electron chi connectivity index (χ0n) is 16.7. The fourth-order valence-electron chi connectivity index (χ4n) is 3.53. The van der Waals surface area contributed by atoms with Crippen LogP contribution in [-0.4, -0.2) is 19.0 Å². The standard InChI is InChI=1S/C24H32N2O/c1-19-18-22(20(2)26-24-13-7-4-8-16-25-24)14-15-23(19)27-17-9-12-21-10-5-3-6-11-21/h3,5-6,10-11,14-15,18,20H,4,7-9,12-13,16-17H2,1-2H3,(H,25,26). The van der Waals surface area contributed by atoms with Crippen LogP contribution in [0.2, 0.25) is 0 Å². The van der Waals surface area contributed by atoms with E-state index >= 15 is 0 Å². The number of amidine groups is 1. The quantitative estimate of drug-likeness (QED) is 0.646. The van der Waals surface area contributed by atoms with Gasteiger partial charge in [-0.05, 0) is 62.3 Å². The van der Waals surface area contributed by atoms with Crippen molar-refractivity contribution in [2.45, 2.75) is 58.4 Å². The maximum atomic E-state index is 6.02. The maximum absolute atomic E-state index is 6.02. The first kappa shape index (κ1) is 19.5. The molecule has 0 amide bonds. The third kappa shape index (κ3) is 6.13. The van der Waals surface area contributed by atoms with Gasteiger partial charge >= 0.3 is 0 Å². The summed E-state index contributed by atoms with van der Waals surface area (Å²) in [4.78, 5) is 4.68. The van der Waals surface area contributed by atoms with E-state index in [1.165, 1.54) is 41.8 Å². The van der Waals surface area contributed by atoms with Crippen LogP contribution < -0.4 is 10.1 Å². The molecule has 0 bridgehead atoms. The largest absolute Gasteiger partial charge is 0.493 e. The summed E-state index contributed by atoms with van der Waals surface area (Å²) in [6.45, 7) is 6.05. The number of rotatable bonds is 7. The number of hydrogen-bond acceptors (Lipinski definition) is 3. The molecule has 144 valence electrons. The Bertz CT molecular complexity index is 739. The lowest BCUT2D eigenvalue weighted by atomic mass is 10.0. The number of aliphatic imine (C=N–C) groups is 1. The van der Waals surface area contributed by atoms with Gasteiger partial charge in [0, 0.05) is 19.0 Å². The van der Waals surface area contributed by atoms with Gasteiger partial charge < -0.3 is 10.1 Å². The fraction of sp³-hybridized carbons (Fsp3) is 0.458. The lowest BCUT2D eigenvalue weighted by Gasteiger charge is -2.18. The number of nitrogens with zero attached hydrogens (tertiary/aromatic N) is 1. The molecule has 2 aromatic rings. The van der Waals surface area contributed by atoms with Crippen molar-refractivity contribution in [2.24, 2.45) is 4.99 Å². The van der Waals surface area contributed by atoms with E-state index in [-0.39, 0.29) is 6.04 Å². The van der Waals surface area contributed by atoms with Gasteiger partial charge in [-0.15, -0.1) is 0 Å². The predicted molar refractivity (Wildman–Crippen MR) is 114 cm³/mol. The number of hydrogen-bond donors (Lipinski definition) is 1. The number of ether oxygens (including phenoxy) is 1. The molecule has 0 radical (unpaired) electrons. The highest BCUT2D eigenvalue weighted by atomic mass is 16.5. The third-order valence-electron chi connectivity index (χ3n) is 5.17. The minimum atomic E-state index is 0.271. The molecule has 0 aliphatic carbocycles. The van der Waals surface area contributed by atoms with E-state index in [0.29, 0.717) is 0 Å². The van der Waals surface area contributed by atoms with E-state index in [1.807, 2.05) is 0 Å². The van der Waals surface area contributed by atoms with Crippen LogP contribution in [-0.2, 0) is 6.42 Å². The average Bonchev–Trinajstić information content (AvgIpc) is 2.95. The van der Waals surface area contributed by atoms with E-state index < -0.39 is 0 Å². The fourth-order valence-corrected chi connectivity index (χ4v) is 3.53. The van der Waals surface area contributed by atoms with Crippen molar-refractivity contribution in [1.82, 2.24) is 5.32 Å². The summed E-state index contributed by atoms with van der Waals surface area (Å²) in [7, 11) is 0. The van der Waals surface area contributed by atoms with Crippen molar-refractivity contribution < 1.29 is 4.74 Å². The molecule has 1 atom stereocenters. The van der Waals surface area contributed by atoms with Gasteiger partial charge in [-0.2, -0.15) is 0 Å². The first-order chi connectivity index (χ1) is 13.2. The molecule has 3 heteroatoms. The molecule has 27 heavy (non-hydrogen) atoms. The first-order valence-electron chi connectivity index (χ1n) is 10.3. The van der Waals surface area contributed by atoms with Crippen molar-refractivity contribution in [3.8, 4) is 5.75 Å². The van der Waals surface area contributed by atoms with Crippen molar-refractivity contribution in [2.75, 3.05) is 13.2 Å². The summed E-state index contributed by atoms with van der Waals surface area (Å²) in [5, 5.41) is 3.60. The van der Waals surface area contributed by atoms with E-state index in [9.17, 15) is 0 Å². The minimum Gasteiger partial charge on any atom is -0.493 e. The molecule has 0 saturated carbocycles. The highest BCUT2D eigenvalue weighted by Crippen LogP contribution is 2.23. The van der Waals surface area contributed by atoms with Crippen LogP contribution in [0.4, 0.5) is 0 Å². The first-order valence-corrected chi connectivity index (χ1v) is 10.3. The molecular weight excluding hydrogens is 332 g/mol. The van der Waals surface area contributed by atoms with Gasteiger partial charge in [-0.3, -0.25) is 4.99 Å². The average molecular weight is 365 g/mol. The Morgan fingerprint density at radius 1 is 1.07 bits per heavy atom. The van der Waals surface area contributed by atoms with Gasteiger partial charge in [0.2, 0.25) is 0 Å².